The maximum Gasteiger partial charge on any atom is 0.297 e. The van der Waals surface area contributed by atoms with Crippen molar-refractivity contribution in [2.24, 2.45) is 0 Å². The van der Waals surface area contributed by atoms with Crippen LogP contribution < -0.4 is 0 Å². The van der Waals surface area contributed by atoms with E-state index in [2.05, 4.69) is 0 Å². The number of piperidine rings is 1. The fourth-order valence-electron chi connectivity index (χ4n) is 3.30. The molecule has 0 bridgehead atoms. The molecule has 1 aliphatic heterocycles. The average molecular weight is 485 g/mol. The SMILES string of the molecule is C[C@H]1CC[C@@H](OS(=O)(=O)c2ccc([N+](=O)[O-])cc2)CN1S(=O)(=O)c1ccc([N+](=O)[O-])cc1. The van der Waals surface area contributed by atoms with Crippen LogP contribution in [0.4, 0.5) is 11.4 Å². The second-order valence-corrected chi connectivity index (χ2v) is 10.6. The van der Waals surface area contributed by atoms with Crippen molar-refractivity contribution in [1.82, 2.24) is 4.31 Å². The molecule has 0 spiro atoms. The zero-order chi connectivity index (χ0) is 23.7. The summed E-state index contributed by atoms with van der Waals surface area (Å²) in [6, 6.07) is 8.11. The highest BCUT2D eigenvalue weighted by molar-refractivity contribution is 7.89. The van der Waals surface area contributed by atoms with Gasteiger partial charge in [-0.05, 0) is 44.0 Å². The number of hydrogen-bond donors (Lipinski definition) is 0. The quantitative estimate of drug-likeness (QED) is 0.325. The monoisotopic (exact) mass is 485 g/mol. The van der Waals surface area contributed by atoms with Crippen molar-refractivity contribution in [3.05, 3.63) is 68.8 Å². The van der Waals surface area contributed by atoms with Crippen LogP contribution in [0.5, 0.6) is 0 Å². The highest BCUT2D eigenvalue weighted by atomic mass is 32.2. The highest BCUT2D eigenvalue weighted by Gasteiger charge is 2.37. The molecule has 1 saturated heterocycles. The van der Waals surface area contributed by atoms with Crippen LogP contribution in [-0.2, 0) is 24.3 Å². The first kappa shape index (κ1) is 23.7. The Balaban J connectivity index is 1.79. The number of sulfonamides is 1. The van der Waals surface area contributed by atoms with Gasteiger partial charge in [-0.1, -0.05) is 0 Å². The van der Waals surface area contributed by atoms with Crippen LogP contribution in [0.3, 0.4) is 0 Å². The Morgan fingerprint density at radius 1 is 0.844 bits per heavy atom. The number of nitro benzene ring substituents is 2. The molecule has 1 fully saturated rings. The second-order valence-electron chi connectivity index (χ2n) is 7.18. The van der Waals surface area contributed by atoms with Gasteiger partial charge in [0.25, 0.3) is 21.5 Å². The summed E-state index contributed by atoms with van der Waals surface area (Å²) >= 11 is 0. The maximum absolute atomic E-state index is 13.0. The molecule has 32 heavy (non-hydrogen) atoms. The summed E-state index contributed by atoms with van der Waals surface area (Å²) in [6.45, 7) is 1.43. The molecule has 0 saturated carbocycles. The molecule has 12 nitrogen and oxygen atoms in total. The van der Waals surface area contributed by atoms with Gasteiger partial charge in [-0.3, -0.25) is 24.4 Å². The molecule has 172 valence electrons. The number of benzene rings is 2. The lowest BCUT2D eigenvalue weighted by molar-refractivity contribution is -0.385. The molecule has 0 aliphatic carbocycles. The van der Waals surface area contributed by atoms with Gasteiger partial charge in [0.15, 0.2) is 0 Å². The van der Waals surface area contributed by atoms with Crippen LogP contribution in [-0.4, -0.2) is 49.7 Å². The molecule has 2 aromatic carbocycles. The summed E-state index contributed by atoms with van der Waals surface area (Å²) in [5, 5.41) is 21.5. The van der Waals surface area contributed by atoms with Crippen LogP contribution in [0.15, 0.2) is 58.3 Å². The van der Waals surface area contributed by atoms with Gasteiger partial charge >= 0.3 is 0 Å². The largest absolute Gasteiger partial charge is 0.297 e. The molecular formula is C18H19N3O9S2. The fraction of sp³-hybridized carbons (Fsp3) is 0.333. The molecule has 2 atom stereocenters. The molecule has 0 N–H and O–H groups in total. The van der Waals surface area contributed by atoms with Gasteiger partial charge in [-0.2, -0.15) is 12.7 Å². The van der Waals surface area contributed by atoms with Crippen molar-refractivity contribution in [2.45, 2.75) is 41.7 Å². The first-order valence-corrected chi connectivity index (χ1v) is 12.2. The Morgan fingerprint density at radius 2 is 1.31 bits per heavy atom. The normalized spacial score (nSPS) is 20.0. The highest BCUT2D eigenvalue weighted by Crippen LogP contribution is 2.29. The standard InChI is InChI=1S/C18H19N3O9S2/c1-13-2-7-16(30-32(28,29)18-10-5-15(6-11-18)21(24)25)12-19(13)31(26,27)17-8-3-14(4-9-17)20(22)23/h3-6,8-11,13,16H,2,7,12H2,1H3/t13-,16+/m0/s1. The predicted octanol–water partition coefficient (Wildman–Crippen LogP) is 2.45. The molecule has 0 aromatic heterocycles. The third-order valence-corrected chi connectivity index (χ3v) is 8.40. The van der Waals surface area contributed by atoms with Crippen LogP contribution in [0, 0.1) is 20.2 Å². The molecule has 2 aromatic rings. The first-order valence-electron chi connectivity index (χ1n) is 9.36. The molecule has 1 heterocycles. The van der Waals surface area contributed by atoms with Gasteiger partial charge in [0.2, 0.25) is 10.0 Å². The zero-order valence-corrected chi connectivity index (χ0v) is 18.4. The summed E-state index contributed by atoms with van der Waals surface area (Å²) in [5.74, 6) is 0. The zero-order valence-electron chi connectivity index (χ0n) is 16.7. The van der Waals surface area contributed by atoms with Gasteiger partial charge in [-0.15, -0.1) is 0 Å². The Hall–Kier alpha value is -2.94. The van der Waals surface area contributed by atoms with Gasteiger partial charge in [0.1, 0.15) is 0 Å². The van der Waals surface area contributed by atoms with E-state index in [-0.39, 0.29) is 34.1 Å². The Bertz CT molecular complexity index is 1230. The van der Waals surface area contributed by atoms with E-state index >= 15 is 0 Å². The number of non-ortho nitro benzene ring substituents is 2. The Labute approximate surface area is 183 Å². The molecular weight excluding hydrogens is 466 g/mol. The van der Waals surface area contributed by atoms with Crippen molar-refractivity contribution in [3.63, 3.8) is 0 Å². The molecule has 14 heteroatoms. The van der Waals surface area contributed by atoms with Crippen molar-refractivity contribution >= 4 is 31.5 Å². The predicted molar refractivity (Wildman–Crippen MR) is 111 cm³/mol. The second kappa shape index (κ2) is 8.90. The summed E-state index contributed by atoms with van der Waals surface area (Å²) in [6.07, 6.45) is -0.369. The fourth-order valence-corrected chi connectivity index (χ4v) is 6.09. The lowest BCUT2D eigenvalue weighted by Gasteiger charge is -2.36. The summed E-state index contributed by atoms with van der Waals surface area (Å²) < 4.78 is 57.6. The van der Waals surface area contributed by atoms with Crippen molar-refractivity contribution in [3.8, 4) is 0 Å². The summed E-state index contributed by atoms with van der Waals surface area (Å²) in [4.78, 5) is 19.8. The smallest absolute Gasteiger partial charge is 0.262 e. The maximum atomic E-state index is 13.0. The number of nitrogens with zero attached hydrogens (tertiary/aromatic N) is 3. The summed E-state index contributed by atoms with van der Waals surface area (Å²) in [5.41, 5.74) is -0.540. The molecule has 3 rings (SSSR count). The van der Waals surface area contributed by atoms with E-state index in [4.69, 9.17) is 4.18 Å². The van der Waals surface area contributed by atoms with Gasteiger partial charge < -0.3 is 0 Å². The third kappa shape index (κ3) is 4.93. The minimum Gasteiger partial charge on any atom is -0.262 e. The minimum absolute atomic E-state index is 0.158. The third-order valence-electron chi connectivity index (χ3n) is 5.03. The Kier molecular flexibility index (Phi) is 6.59. The van der Waals surface area contributed by atoms with E-state index < -0.39 is 42.1 Å². The minimum atomic E-state index is -4.29. The van der Waals surface area contributed by atoms with Gasteiger partial charge in [0, 0.05) is 36.9 Å². The van der Waals surface area contributed by atoms with E-state index in [0.29, 0.717) is 6.42 Å². The van der Waals surface area contributed by atoms with E-state index in [0.717, 1.165) is 52.8 Å². The van der Waals surface area contributed by atoms with E-state index in [9.17, 15) is 37.1 Å². The molecule has 0 radical (unpaired) electrons. The van der Waals surface area contributed by atoms with Crippen LogP contribution in [0.1, 0.15) is 19.8 Å². The van der Waals surface area contributed by atoms with Crippen LogP contribution in [0.25, 0.3) is 0 Å². The number of nitro groups is 2. The number of hydrogen-bond acceptors (Lipinski definition) is 9. The van der Waals surface area contributed by atoms with E-state index in [1.165, 1.54) is 0 Å². The van der Waals surface area contributed by atoms with Gasteiger partial charge in [-0.25, -0.2) is 8.42 Å². The topological polar surface area (TPSA) is 167 Å². The van der Waals surface area contributed by atoms with Crippen LogP contribution in [0.2, 0.25) is 0 Å². The van der Waals surface area contributed by atoms with Crippen LogP contribution >= 0.6 is 0 Å². The van der Waals surface area contributed by atoms with E-state index in [1.54, 1.807) is 6.92 Å². The number of rotatable bonds is 7. The molecule has 1 aliphatic rings. The van der Waals surface area contributed by atoms with Crippen molar-refractivity contribution in [1.29, 1.82) is 0 Å². The van der Waals surface area contributed by atoms with Crippen molar-refractivity contribution in [2.75, 3.05) is 6.54 Å². The Morgan fingerprint density at radius 3 is 1.78 bits per heavy atom. The molecule has 0 unspecified atom stereocenters. The lowest BCUT2D eigenvalue weighted by Crippen LogP contribution is -2.48. The lowest BCUT2D eigenvalue weighted by atomic mass is 10.0. The first-order chi connectivity index (χ1) is 14.9. The summed E-state index contributed by atoms with van der Waals surface area (Å²) in [7, 11) is -8.35. The van der Waals surface area contributed by atoms with Gasteiger partial charge in [0.05, 0.1) is 25.7 Å². The van der Waals surface area contributed by atoms with E-state index in [1.807, 2.05) is 0 Å². The molecule has 0 amide bonds. The van der Waals surface area contributed by atoms with Crippen molar-refractivity contribution < 1.29 is 30.9 Å². The average Bonchev–Trinajstić information content (AvgIpc) is 2.75.